The number of hydrogen-bond acceptors (Lipinski definition) is 4. The van der Waals surface area contributed by atoms with Crippen LogP contribution in [0.2, 0.25) is 0 Å². The molecule has 1 aromatic carbocycles. The third kappa shape index (κ3) is 5.20. The number of rotatable bonds is 5. The van der Waals surface area contributed by atoms with Crippen molar-refractivity contribution in [3.05, 3.63) is 51.7 Å². The predicted octanol–water partition coefficient (Wildman–Crippen LogP) is 4.92. The number of hydrogen-bond donors (Lipinski definition) is 1. The van der Waals surface area contributed by atoms with Gasteiger partial charge >= 0.3 is 0 Å². The van der Waals surface area contributed by atoms with Crippen LogP contribution in [0.5, 0.6) is 0 Å². The first-order chi connectivity index (χ1) is 11.0. The molecule has 0 saturated carbocycles. The molecule has 0 aliphatic carbocycles. The fraction of sp³-hybridized carbons (Fsp3) is 0.125. The van der Waals surface area contributed by atoms with Crippen LogP contribution < -0.4 is 5.32 Å². The molecule has 0 spiro atoms. The van der Waals surface area contributed by atoms with Crippen molar-refractivity contribution >= 4 is 40.8 Å². The van der Waals surface area contributed by atoms with Crippen molar-refractivity contribution in [1.29, 1.82) is 5.26 Å². The van der Waals surface area contributed by atoms with Crippen LogP contribution in [0.15, 0.2) is 46.9 Å². The largest absolute Gasteiger partial charge is 0.321 e. The van der Waals surface area contributed by atoms with E-state index in [-0.39, 0.29) is 5.57 Å². The molecule has 1 heterocycles. The lowest BCUT2D eigenvalue weighted by Gasteiger charge is -2.05. The van der Waals surface area contributed by atoms with Crippen molar-refractivity contribution in [3.8, 4) is 6.07 Å². The van der Waals surface area contributed by atoms with E-state index in [9.17, 15) is 13.6 Å². The van der Waals surface area contributed by atoms with Crippen LogP contribution in [0.3, 0.4) is 0 Å². The molecule has 1 aromatic heterocycles. The Hall–Kier alpha value is -2.17. The zero-order valence-electron chi connectivity index (χ0n) is 12.0. The Morgan fingerprint density at radius 3 is 2.52 bits per heavy atom. The average Bonchev–Trinajstić information content (AvgIpc) is 2.91. The summed E-state index contributed by atoms with van der Waals surface area (Å²) in [5.74, 6) is -3.02. The Balaban J connectivity index is 2.08. The lowest BCUT2D eigenvalue weighted by Crippen LogP contribution is -2.13. The van der Waals surface area contributed by atoms with Crippen molar-refractivity contribution in [2.75, 3.05) is 5.32 Å². The van der Waals surface area contributed by atoms with E-state index in [2.05, 4.69) is 5.32 Å². The van der Waals surface area contributed by atoms with Crippen molar-refractivity contribution in [2.45, 2.75) is 17.6 Å². The maximum atomic E-state index is 12.2. The molecule has 0 fully saturated rings. The van der Waals surface area contributed by atoms with Crippen molar-refractivity contribution in [2.24, 2.45) is 0 Å². The minimum atomic E-state index is -2.49. The van der Waals surface area contributed by atoms with Gasteiger partial charge in [0.1, 0.15) is 11.6 Å². The standard InChI is InChI=1S/C16H12F2N2OS2/c1-10-2-5-14(22-10)8-11(9-19)15(21)20-12-3-6-13(7-4-12)23-16(17)18/h2-8,16H,1H3,(H,20,21)/b11-8+. The van der Waals surface area contributed by atoms with Gasteiger partial charge < -0.3 is 5.32 Å². The van der Waals surface area contributed by atoms with E-state index >= 15 is 0 Å². The van der Waals surface area contributed by atoms with Gasteiger partial charge in [0.05, 0.1) is 0 Å². The van der Waals surface area contributed by atoms with Gasteiger partial charge in [0.25, 0.3) is 11.7 Å². The third-order valence-electron chi connectivity index (χ3n) is 2.75. The third-order valence-corrected chi connectivity index (χ3v) is 4.42. The number of halogens is 2. The van der Waals surface area contributed by atoms with Crippen LogP contribution in [0.4, 0.5) is 14.5 Å². The first-order valence-electron chi connectivity index (χ1n) is 6.52. The molecule has 2 rings (SSSR count). The van der Waals surface area contributed by atoms with Gasteiger partial charge in [-0.05, 0) is 49.4 Å². The summed E-state index contributed by atoms with van der Waals surface area (Å²) in [7, 11) is 0. The van der Waals surface area contributed by atoms with E-state index in [1.807, 2.05) is 25.1 Å². The molecule has 0 saturated heterocycles. The van der Waals surface area contributed by atoms with Crippen LogP contribution in [0.25, 0.3) is 6.08 Å². The Morgan fingerprint density at radius 1 is 1.30 bits per heavy atom. The number of nitrogens with one attached hydrogen (secondary N) is 1. The van der Waals surface area contributed by atoms with Gasteiger partial charge in [-0.1, -0.05) is 11.8 Å². The van der Waals surface area contributed by atoms with Gasteiger partial charge in [0, 0.05) is 20.3 Å². The summed E-state index contributed by atoms with van der Waals surface area (Å²) in [6.07, 6.45) is 1.52. The zero-order chi connectivity index (χ0) is 16.8. The molecule has 0 aliphatic heterocycles. The topological polar surface area (TPSA) is 52.9 Å². The SMILES string of the molecule is Cc1ccc(/C=C(\C#N)C(=O)Nc2ccc(SC(F)F)cc2)s1. The fourth-order valence-electron chi connectivity index (χ4n) is 1.74. The number of carbonyl (C=O) groups is 1. The van der Waals surface area contributed by atoms with Crippen LogP contribution >= 0.6 is 23.1 Å². The number of carbonyl (C=O) groups excluding carboxylic acids is 1. The molecule has 7 heteroatoms. The lowest BCUT2D eigenvalue weighted by atomic mass is 10.2. The minimum absolute atomic E-state index is 0.0159. The normalized spacial score (nSPS) is 11.3. The summed E-state index contributed by atoms with van der Waals surface area (Å²) < 4.78 is 24.5. The summed E-state index contributed by atoms with van der Waals surface area (Å²) in [5, 5.41) is 11.7. The number of thiophene rings is 1. The molecule has 3 nitrogen and oxygen atoms in total. The summed E-state index contributed by atoms with van der Waals surface area (Å²) in [4.78, 5) is 14.4. The molecule has 0 radical (unpaired) electrons. The van der Waals surface area contributed by atoms with Gasteiger partial charge in [-0.15, -0.1) is 11.3 Å². The summed E-state index contributed by atoms with van der Waals surface area (Å²) in [6, 6.07) is 11.6. The van der Waals surface area contributed by atoms with E-state index in [1.54, 1.807) is 0 Å². The van der Waals surface area contributed by atoms with Gasteiger partial charge in [-0.25, -0.2) is 0 Å². The number of thioether (sulfide) groups is 1. The number of aryl methyl sites for hydroxylation is 1. The first-order valence-corrected chi connectivity index (χ1v) is 8.22. The van der Waals surface area contributed by atoms with Gasteiger partial charge in [0.15, 0.2) is 0 Å². The van der Waals surface area contributed by atoms with Crippen molar-refractivity contribution < 1.29 is 13.6 Å². The van der Waals surface area contributed by atoms with Crippen LogP contribution in [-0.4, -0.2) is 11.7 Å². The number of alkyl halides is 2. The fourth-order valence-corrected chi connectivity index (χ4v) is 3.06. The highest BCUT2D eigenvalue weighted by molar-refractivity contribution is 7.99. The molecular formula is C16H12F2N2OS2. The van der Waals surface area contributed by atoms with Crippen molar-refractivity contribution in [3.63, 3.8) is 0 Å². The number of nitriles is 1. The molecule has 1 amide bonds. The molecule has 0 bridgehead atoms. The molecule has 23 heavy (non-hydrogen) atoms. The molecule has 1 N–H and O–H groups in total. The minimum Gasteiger partial charge on any atom is -0.321 e. The van der Waals surface area contributed by atoms with Gasteiger partial charge in [-0.2, -0.15) is 14.0 Å². The van der Waals surface area contributed by atoms with E-state index in [1.165, 1.54) is 41.7 Å². The molecular weight excluding hydrogens is 338 g/mol. The highest BCUT2D eigenvalue weighted by Gasteiger charge is 2.11. The molecule has 0 unspecified atom stereocenters. The zero-order valence-corrected chi connectivity index (χ0v) is 13.7. The lowest BCUT2D eigenvalue weighted by molar-refractivity contribution is -0.112. The van der Waals surface area contributed by atoms with Crippen molar-refractivity contribution in [1.82, 2.24) is 0 Å². The van der Waals surface area contributed by atoms with E-state index in [0.717, 1.165) is 9.75 Å². The Morgan fingerprint density at radius 2 is 2.00 bits per heavy atom. The second-order valence-electron chi connectivity index (χ2n) is 4.48. The summed E-state index contributed by atoms with van der Waals surface area (Å²) in [6.45, 7) is 1.94. The molecule has 0 atom stereocenters. The Labute approximate surface area is 140 Å². The smallest absolute Gasteiger partial charge is 0.288 e. The van der Waals surface area contributed by atoms with Crippen LogP contribution in [-0.2, 0) is 4.79 Å². The van der Waals surface area contributed by atoms with Crippen LogP contribution in [0, 0.1) is 18.3 Å². The number of benzene rings is 1. The Kier molecular flexibility index (Phi) is 5.90. The van der Waals surface area contributed by atoms with E-state index in [4.69, 9.17) is 5.26 Å². The van der Waals surface area contributed by atoms with Gasteiger partial charge in [0.2, 0.25) is 0 Å². The average molecular weight is 350 g/mol. The number of amides is 1. The molecule has 0 aliphatic rings. The highest BCUT2D eigenvalue weighted by atomic mass is 32.2. The second kappa shape index (κ2) is 7.90. The van der Waals surface area contributed by atoms with E-state index in [0.29, 0.717) is 22.3 Å². The summed E-state index contributed by atoms with van der Waals surface area (Å²) >= 11 is 1.91. The van der Waals surface area contributed by atoms with Gasteiger partial charge in [-0.3, -0.25) is 4.79 Å². The first kappa shape index (κ1) is 17.2. The molecule has 2 aromatic rings. The summed E-state index contributed by atoms with van der Waals surface area (Å²) in [5.41, 5.74) is 0.426. The number of nitrogens with zero attached hydrogens (tertiary/aromatic N) is 1. The number of anilines is 1. The van der Waals surface area contributed by atoms with E-state index < -0.39 is 11.7 Å². The Bertz CT molecular complexity index is 761. The maximum Gasteiger partial charge on any atom is 0.288 e. The monoisotopic (exact) mass is 350 g/mol. The quantitative estimate of drug-likeness (QED) is 0.473. The van der Waals surface area contributed by atoms with Crippen LogP contribution in [0.1, 0.15) is 9.75 Å². The highest BCUT2D eigenvalue weighted by Crippen LogP contribution is 2.26. The molecule has 118 valence electrons. The second-order valence-corrected chi connectivity index (χ2v) is 6.86. The predicted molar refractivity (Wildman–Crippen MR) is 89.6 cm³/mol. The maximum absolute atomic E-state index is 12.2.